The van der Waals surface area contributed by atoms with Crippen LogP contribution in [0.4, 0.5) is 17.2 Å². The molecular weight excluding hydrogens is 428 g/mol. The third kappa shape index (κ3) is 3.62. The monoisotopic (exact) mass is 458 g/mol. The van der Waals surface area contributed by atoms with Gasteiger partial charge >= 0.3 is 0 Å². The molecule has 0 bridgehead atoms. The van der Waals surface area contributed by atoms with Gasteiger partial charge in [-0.2, -0.15) is 5.10 Å². The maximum Gasteiger partial charge on any atom is 0.249 e. The average molecular weight is 459 g/mol. The van der Waals surface area contributed by atoms with E-state index in [2.05, 4.69) is 51.5 Å². The van der Waals surface area contributed by atoms with E-state index in [9.17, 15) is 4.79 Å². The molecule has 0 saturated carbocycles. The number of anilines is 3. The Morgan fingerprint density at radius 1 is 0.941 bits per heavy atom. The first-order valence-electron chi connectivity index (χ1n) is 11.5. The van der Waals surface area contributed by atoms with Crippen molar-refractivity contribution in [3.63, 3.8) is 0 Å². The Kier molecular flexibility index (Phi) is 5.36. The Morgan fingerprint density at radius 3 is 2.26 bits per heavy atom. The molecule has 1 aliphatic rings. The van der Waals surface area contributed by atoms with Crippen molar-refractivity contribution in [3.8, 4) is 0 Å². The summed E-state index contributed by atoms with van der Waals surface area (Å²) in [6.45, 7) is 9.87. The first-order chi connectivity index (χ1) is 16.2. The van der Waals surface area contributed by atoms with Gasteiger partial charge in [0.2, 0.25) is 5.91 Å². The molecule has 0 radical (unpaired) electrons. The van der Waals surface area contributed by atoms with Crippen LogP contribution in [0.2, 0.25) is 0 Å². The molecule has 0 aliphatic carbocycles. The number of piperazine rings is 1. The van der Waals surface area contributed by atoms with Crippen molar-refractivity contribution in [2.45, 2.75) is 20.8 Å². The quantitative estimate of drug-likeness (QED) is 0.484. The third-order valence-electron chi connectivity index (χ3n) is 6.74. The fraction of sp³-hybridized carbons (Fsp3) is 0.360. The molecule has 1 amide bonds. The second-order valence-electron chi connectivity index (χ2n) is 9.11. The topological polar surface area (TPSA) is 105 Å². The van der Waals surface area contributed by atoms with Gasteiger partial charge in [-0.25, -0.2) is 9.97 Å². The summed E-state index contributed by atoms with van der Waals surface area (Å²) in [7, 11) is 4.01. The lowest BCUT2D eigenvalue weighted by Gasteiger charge is -2.34. The highest BCUT2D eigenvalue weighted by Gasteiger charge is 2.23. The van der Waals surface area contributed by atoms with E-state index in [0.29, 0.717) is 22.4 Å². The van der Waals surface area contributed by atoms with Crippen LogP contribution in [-0.4, -0.2) is 63.8 Å². The second kappa shape index (κ2) is 8.25. The first kappa shape index (κ1) is 22.1. The molecule has 0 spiro atoms. The van der Waals surface area contributed by atoms with Crippen molar-refractivity contribution in [1.29, 1.82) is 0 Å². The number of carbonyl (C=O) groups excluding carboxylic acids is 1. The minimum absolute atomic E-state index is 0.460. The molecular formula is C25H30N8O. The first-order valence-corrected chi connectivity index (χ1v) is 11.5. The third-order valence-corrected chi connectivity index (χ3v) is 6.74. The molecule has 1 fully saturated rings. The van der Waals surface area contributed by atoms with Crippen molar-refractivity contribution in [2.75, 3.05) is 43.4 Å². The molecule has 4 aromatic rings. The Hall–Kier alpha value is -3.72. The number of nitrogens with one attached hydrogen (secondary N) is 1. The predicted octanol–water partition coefficient (Wildman–Crippen LogP) is 3.04. The van der Waals surface area contributed by atoms with Gasteiger partial charge in [-0.1, -0.05) is 0 Å². The molecule has 176 valence electrons. The zero-order valence-corrected chi connectivity index (χ0v) is 20.3. The summed E-state index contributed by atoms with van der Waals surface area (Å²) in [6, 6.07) is 8.43. The van der Waals surface area contributed by atoms with Gasteiger partial charge in [0.05, 0.1) is 28.0 Å². The van der Waals surface area contributed by atoms with Crippen LogP contribution in [0.5, 0.6) is 0 Å². The summed E-state index contributed by atoms with van der Waals surface area (Å²) in [5.41, 5.74) is 12.7. The predicted molar refractivity (Wildman–Crippen MR) is 136 cm³/mol. The number of hydrogen-bond donors (Lipinski definition) is 2. The number of amides is 1. The van der Waals surface area contributed by atoms with Crippen LogP contribution >= 0.6 is 0 Å². The van der Waals surface area contributed by atoms with Gasteiger partial charge in [-0.15, -0.1) is 0 Å². The number of carbonyl (C=O) groups is 1. The van der Waals surface area contributed by atoms with Gasteiger partial charge in [-0.3, -0.25) is 9.48 Å². The maximum atomic E-state index is 12.3. The highest BCUT2D eigenvalue weighted by atomic mass is 16.1. The van der Waals surface area contributed by atoms with E-state index in [1.807, 2.05) is 27.8 Å². The molecule has 5 rings (SSSR count). The molecule has 3 heterocycles. The number of rotatable bonds is 4. The lowest BCUT2D eigenvalue weighted by atomic mass is 9.99. The van der Waals surface area contributed by atoms with Crippen molar-refractivity contribution >= 4 is 45.0 Å². The number of nitrogens with zero attached hydrogens (tertiary/aromatic N) is 6. The van der Waals surface area contributed by atoms with Crippen LogP contribution in [0.1, 0.15) is 27.3 Å². The van der Waals surface area contributed by atoms with Gasteiger partial charge in [-0.05, 0) is 57.6 Å². The fourth-order valence-electron chi connectivity index (χ4n) is 4.86. The Balaban J connectivity index is 1.55. The van der Waals surface area contributed by atoms with E-state index in [-0.39, 0.29) is 0 Å². The van der Waals surface area contributed by atoms with Gasteiger partial charge < -0.3 is 20.9 Å². The Morgan fingerprint density at radius 2 is 1.62 bits per heavy atom. The Bertz CT molecular complexity index is 1420. The number of primary amides is 1. The number of aromatic nitrogens is 4. The highest BCUT2D eigenvalue weighted by molar-refractivity contribution is 6.16. The SMILES string of the molecule is Cc1nc2c(C)c(C(N)=O)c3c(C)nn(C)c3c2nc1Nc1ccc(N2CCN(C)CC2)cc1. The number of fused-ring (bicyclic) bond motifs is 3. The molecule has 3 N–H and O–H groups in total. The van der Waals surface area contributed by atoms with Crippen LogP contribution in [0.15, 0.2) is 24.3 Å². The van der Waals surface area contributed by atoms with Crippen LogP contribution in [0.25, 0.3) is 21.9 Å². The van der Waals surface area contributed by atoms with E-state index in [4.69, 9.17) is 15.7 Å². The van der Waals surface area contributed by atoms with Crippen LogP contribution in [-0.2, 0) is 7.05 Å². The molecule has 0 unspecified atom stereocenters. The van der Waals surface area contributed by atoms with Crippen molar-refractivity contribution in [1.82, 2.24) is 24.6 Å². The van der Waals surface area contributed by atoms with Crippen LogP contribution in [0.3, 0.4) is 0 Å². The molecule has 2 aromatic carbocycles. The van der Waals surface area contributed by atoms with Crippen molar-refractivity contribution in [3.05, 3.63) is 46.8 Å². The summed E-state index contributed by atoms with van der Waals surface area (Å²) in [4.78, 5) is 26.8. The van der Waals surface area contributed by atoms with E-state index in [1.54, 1.807) is 4.68 Å². The van der Waals surface area contributed by atoms with E-state index in [1.165, 1.54) is 5.69 Å². The molecule has 9 heteroatoms. The van der Waals surface area contributed by atoms with Crippen molar-refractivity contribution in [2.24, 2.45) is 12.8 Å². The maximum absolute atomic E-state index is 12.3. The summed E-state index contributed by atoms with van der Waals surface area (Å²) in [5, 5.41) is 8.70. The fourth-order valence-corrected chi connectivity index (χ4v) is 4.86. The molecule has 2 aromatic heterocycles. The number of likely N-dealkylation sites (N-methyl/N-ethyl adjacent to an activating group) is 1. The molecule has 0 atom stereocenters. The van der Waals surface area contributed by atoms with E-state index in [0.717, 1.165) is 59.7 Å². The number of nitrogens with two attached hydrogens (primary N) is 1. The highest BCUT2D eigenvalue weighted by Crippen LogP contribution is 2.34. The minimum atomic E-state index is -0.484. The lowest BCUT2D eigenvalue weighted by Crippen LogP contribution is -2.44. The largest absolute Gasteiger partial charge is 0.369 e. The summed E-state index contributed by atoms with van der Waals surface area (Å²) in [5.74, 6) is 0.189. The van der Waals surface area contributed by atoms with Crippen molar-refractivity contribution < 1.29 is 4.79 Å². The average Bonchev–Trinajstić information content (AvgIpc) is 3.09. The second-order valence-corrected chi connectivity index (χ2v) is 9.11. The molecule has 1 aliphatic heterocycles. The standard InChI is InChI=1S/C25H30N8O/c1-14-19(24(26)34)20-15(2)30-32(5)23(20)22-21(14)27-16(3)25(29-22)28-17-6-8-18(9-7-17)33-12-10-31(4)11-13-33/h6-9H,10-13H2,1-5H3,(H2,26,34)(H,28,29). The summed E-state index contributed by atoms with van der Waals surface area (Å²) < 4.78 is 1.75. The van der Waals surface area contributed by atoms with Gasteiger partial charge in [0.25, 0.3) is 0 Å². The van der Waals surface area contributed by atoms with E-state index < -0.39 is 5.91 Å². The van der Waals surface area contributed by atoms with E-state index >= 15 is 0 Å². The smallest absolute Gasteiger partial charge is 0.249 e. The van der Waals surface area contributed by atoms with Crippen LogP contribution < -0.4 is 16.0 Å². The summed E-state index contributed by atoms with van der Waals surface area (Å²) in [6.07, 6.45) is 0. The lowest BCUT2D eigenvalue weighted by molar-refractivity contribution is 0.100. The number of benzene rings is 2. The minimum Gasteiger partial charge on any atom is -0.369 e. The van der Waals surface area contributed by atoms with Gasteiger partial charge in [0.15, 0.2) is 5.82 Å². The zero-order chi connectivity index (χ0) is 24.1. The molecule has 1 saturated heterocycles. The summed E-state index contributed by atoms with van der Waals surface area (Å²) >= 11 is 0. The normalized spacial score (nSPS) is 14.8. The number of aryl methyl sites for hydroxylation is 4. The molecule has 34 heavy (non-hydrogen) atoms. The Labute approximate surface area is 198 Å². The zero-order valence-electron chi connectivity index (χ0n) is 20.3. The van der Waals surface area contributed by atoms with Crippen LogP contribution in [0, 0.1) is 20.8 Å². The van der Waals surface area contributed by atoms with Gasteiger partial charge in [0.1, 0.15) is 5.52 Å². The number of hydrogen-bond acceptors (Lipinski definition) is 7. The molecule has 9 nitrogen and oxygen atoms in total. The van der Waals surface area contributed by atoms with Gasteiger partial charge in [0, 0.05) is 50.0 Å².